The summed E-state index contributed by atoms with van der Waals surface area (Å²) < 4.78 is 1.60. The number of benzene rings is 2. The number of hydrogen-bond acceptors (Lipinski definition) is 4. The van der Waals surface area contributed by atoms with E-state index in [-0.39, 0.29) is 11.6 Å². The average Bonchev–Trinajstić information content (AvgIpc) is 2.96. The summed E-state index contributed by atoms with van der Waals surface area (Å²) in [6.07, 6.45) is 0. The number of amides is 1. The smallest absolute Gasteiger partial charge is 0.279 e. The van der Waals surface area contributed by atoms with Crippen LogP contribution in [-0.4, -0.2) is 11.0 Å². The Kier molecular flexibility index (Phi) is 4.55. The van der Waals surface area contributed by atoms with E-state index in [2.05, 4.69) is 10.4 Å². The predicted molar refractivity (Wildman–Crippen MR) is 90.7 cm³/mol. The van der Waals surface area contributed by atoms with Crippen molar-refractivity contribution in [1.82, 2.24) is 10.4 Å². The molecule has 5 nitrogen and oxygen atoms in total. The second-order valence-electron chi connectivity index (χ2n) is 4.82. The molecule has 0 unspecified atom stereocenters. The van der Waals surface area contributed by atoms with E-state index in [1.807, 2.05) is 42.5 Å². The predicted octanol–water partition coefficient (Wildman–Crippen LogP) is 2.59. The monoisotopic (exact) mass is 345 g/mol. The SMILES string of the molecule is Nc1s[n+](-c2ccc(Cl)cc2)nc1C(=O)NCc1ccccc1. The Morgan fingerprint density at radius 2 is 1.87 bits per heavy atom. The van der Waals surface area contributed by atoms with Crippen molar-refractivity contribution in [3.05, 3.63) is 70.9 Å². The first-order chi connectivity index (χ1) is 11.1. The molecule has 3 aromatic rings. The van der Waals surface area contributed by atoms with Gasteiger partial charge < -0.3 is 11.1 Å². The molecule has 0 aliphatic heterocycles. The molecule has 0 saturated heterocycles. The minimum Gasteiger partial charge on any atom is -0.384 e. The molecule has 116 valence electrons. The fourth-order valence-electron chi connectivity index (χ4n) is 2.00. The van der Waals surface area contributed by atoms with Gasteiger partial charge in [0.25, 0.3) is 11.6 Å². The van der Waals surface area contributed by atoms with Crippen molar-refractivity contribution in [3.63, 3.8) is 0 Å². The lowest BCUT2D eigenvalue weighted by Crippen LogP contribution is -2.31. The summed E-state index contributed by atoms with van der Waals surface area (Å²) in [7, 11) is 0. The minimum absolute atomic E-state index is 0.223. The highest BCUT2D eigenvalue weighted by Crippen LogP contribution is 2.15. The van der Waals surface area contributed by atoms with Crippen LogP contribution in [0.2, 0.25) is 5.02 Å². The number of nitrogens with zero attached hydrogens (tertiary/aromatic N) is 2. The van der Waals surface area contributed by atoms with Crippen LogP contribution < -0.4 is 15.1 Å². The summed E-state index contributed by atoms with van der Waals surface area (Å²) >= 11 is 7.07. The lowest BCUT2D eigenvalue weighted by molar-refractivity contribution is -0.588. The van der Waals surface area contributed by atoms with Crippen molar-refractivity contribution in [2.24, 2.45) is 0 Å². The number of hydrogen-bond donors (Lipinski definition) is 2. The Balaban J connectivity index is 1.75. The third kappa shape index (κ3) is 3.67. The van der Waals surface area contributed by atoms with Gasteiger partial charge in [-0.1, -0.05) is 41.9 Å². The molecule has 0 fully saturated rings. The van der Waals surface area contributed by atoms with Crippen LogP contribution in [0, 0.1) is 0 Å². The van der Waals surface area contributed by atoms with Gasteiger partial charge in [-0.15, -0.1) is 0 Å². The molecule has 1 amide bonds. The van der Waals surface area contributed by atoms with Gasteiger partial charge >= 0.3 is 0 Å². The molecule has 0 aliphatic rings. The maximum atomic E-state index is 12.3. The van der Waals surface area contributed by atoms with Crippen LogP contribution in [0.3, 0.4) is 0 Å². The van der Waals surface area contributed by atoms with Crippen LogP contribution in [0.5, 0.6) is 0 Å². The van der Waals surface area contributed by atoms with E-state index in [9.17, 15) is 4.79 Å². The quantitative estimate of drug-likeness (QED) is 0.714. The van der Waals surface area contributed by atoms with Gasteiger partial charge in [0.1, 0.15) is 0 Å². The Labute approximate surface area is 142 Å². The molecule has 0 saturated carbocycles. The Bertz CT molecular complexity index is 818. The van der Waals surface area contributed by atoms with Crippen molar-refractivity contribution < 1.29 is 8.87 Å². The second kappa shape index (κ2) is 6.76. The van der Waals surface area contributed by atoms with E-state index in [0.717, 1.165) is 11.3 Å². The lowest BCUT2D eigenvalue weighted by atomic mass is 10.2. The fourth-order valence-corrected chi connectivity index (χ4v) is 2.88. The largest absolute Gasteiger partial charge is 0.384 e. The number of nitrogens with two attached hydrogens (primary N) is 1. The van der Waals surface area contributed by atoms with Crippen molar-refractivity contribution in [1.29, 1.82) is 0 Å². The van der Waals surface area contributed by atoms with Crippen molar-refractivity contribution in [2.75, 3.05) is 5.73 Å². The third-order valence-corrected chi connectivity index (χ3v) is 4.27. The van der Waals surface area contributed by atoms with Gasteiger partial charge in [-0.2, -0.15) is 0 Å². The van der Waals surface area contributed by atoms with E-state index < -0.39 is 0 Å². The van der Waals surface area contributed by atoms with Crippen molar-refractivity contribution >= 4 is 34.0 Å². The number of anilines is 1. The van der Waals surface area contributed by atoms with Crippen LogP contribution in [0.25, 0.3) is 5.69 Å². The standard InChI is InChI=1S/C16H13ClN4OS/c17-12-6-8-13(9-7-12)21-20-14(15(18)23-21)16(22)19-10-11-4-2-1-3-5-11/h1-9,18H,10H2,(H,19,22)/p+1. The minimum atomic E-state index is -0.296. The number of halogens is 1. The summed E-state index contributed by atoms with van der Waals surface area (Å²) in [4.78, 5) is 12.3. The summed E-state index contributed by atoms with van der Waals surface area (Å²) in [5.41, 5.74) is 7.96. The normalized spacial score (nSPS) is 10.5. The average molecular weight is 346 g/mol. The maximum absolute atomic E-state index is 12.3. The van der Waals surface area contributed by atoms with Crippen LogP contribution >= 0.6 is 23.1 Å². The zero-order valence-electron chi connectivity index (χ0n) is 12.1. The summed E-state index contributed by atoms with van der Waals surface area (Å²) in [5.74, 6) is -0.296. The van der Waals surface area contributed by atoms with Crippen LogP contribution in [0.4, 0.5) is 5.00 Å². The third-order valence-electron chi connectivity index (χ3n) is 3.17. The van der Waals surface area contributed by atoms with Crippen LogP contribution in [0.15, 0.2) is 54.6 Å². The van der Waals surface area contributed by atoms with Gasteiger partial charge in [0, 0.05) is 32.9 Å². The zero-order valence-corrected chi connectivity index (χ0v) is 13.6. The van der Waals surface area contributed by atoms with Gasteiger partial charge in [-0.25, -0.2) is 0 Å². The van der Waals surface area contributed by atoms with Crippen LogP contribution in [0.1, 0.15) is 16.1 Å². The Morgan fingerprint density at radius 1 is 1.17 bits per heavy atom. The van der Waals surface area contributed by atoms with Gasteiger partial charge in [0.15, 0.2) is 16.5 Å². The molecule has 0 spiro atoms. The molecule has 7 heteroatoms. The van der Waals surface area contributed by atoms with Gasteiger partial charge in [0.05, 0.1) is 0 Å². The molecular weight excluding hydrogens is 332 g/mol. The highest BCUT2D eigenvalue weighted by molar-refractivity contribution is 7.06. The van der Waals surface area contributed by atoms with E-state index >= 15 is 0 Å². The number of rotatable bonds is 4. The molecule has 3 rings (SSSR count). The maximum Gasteiger partial charge on any atom is 0.279 e. The highest BCUT2D eigenvalue weighted by atomic mass is 35.5. The summed E-state index contributed by atoms with van der Waals surface area (Å²) in [6.45, 7) is 0.428. The van der Waals surface area contributed by atoms with E-state index in [1.165, 1.54) is 11.5 Å². The molecule has 0 atom stereocenters. The van der Waals surface area contributed by atoms with E-state index in [1.54, 1.807) is 16.2 Å². The van der Waals surface area contributed by atoms with E-state index in [4.69, 9.17) is 17.3 Å². The van der Waals surface area contributed by atoms with Gasteiger partial charge in [-0.3, -0.25) is 4.79 Å². The highest BCUT2D eigenvalue weighted by Gasteiger charge is 2.24. The Morgan fingerprint density at radius 3 is 2.57 bits per heavy atom. The molecule has 0 aliphatic carbocycles. The molecule has 0 bridgehead atoms. The first kappa shape index (κ1) is 15.5. The molecule has 23 heavy (non-hydrogen) atoms. The molecule has 1 heterocycles. The molecule has 3 N–H and O–H groups in total. The van der Waals surface area contributed by atoms with Crippen LogP contribution in [-0.2, 0) is 6.54 Å². The number of aromatic nitrogens is 2. The fraction of sp³-hybridized carbons (Fsp3) is 0.0625. The number of nitrogens with one attached hydrogen (secondary N) is 1. The van der Waals surface area contributed by atoms with Gasteiger partial charge in [0.2, 0.25) is 5.69 Å². The number of carbonyl (C=O) groups is 1. The summed E-state index contributed by atoms with van der Waals surface area (Å²) in [5, 5.41) is 8.10. The van der Waals surface area contributed by atoms with Gasteiger partial charge in [-0.05, 0) is 17.7 Å². The molecule has 2 aromatic carbocycles. The van der Waals surface area contributed by atoms with Crippen molar-refractivity contribution in [3.8, 4) is 5.69 Å². The number of carbonyl (C=O) groups excluding carboxylic acids is 1. The first-order valence-corrected chi connectivity index (χ1v) is 8.06. The zero-order chi connectivity index (χ0) is 16.2. The topological polar surface area (TPSA) is 71.9 Å². The number of nitrogen functional groups attached to an aromatic ring is 1. The Hall–Kier alpha value is -2.44. The molecule has 0 radical (unpaired) electrons. The molecular formula is C16H14ClN4OS+. The second-order valence-corrected chi connectivity index (χ2v) is 6.23. The molecule has 1 aromatic heterocycles. The lowest BCUT2D eigenvalue weighted by Gasteiger charge is -2.02. The van der Waals surface area contributed by atoms with E-state index in [0.29, 0.717) is 16.6 Å². The van der Waals surface area contributed by atoms with Crippen molar-refractivity contribution in [2.45, 2.75) is 6.54 Å². The summed E-state index contributed by atoms with van der Waals surface area (Å²) in [6, 6.07) is 16.8. The first-order valence-electron chi connectivity index (χ1n) is 6.90.